The zero-order valence-electron chi connectivity index (χ0n) is 18.1. The summed E-state index contributed by atoms with van der Waals surface area (Å²) in [7, 11) is 1.48. The van der Waals surface area contributed by atoms with Gasteiger partial charge in [0, 0.05) is 45.3 Å². The summed E-state index contributed by atoms with van der Waals surface area (Å²) in [5.41, 5.74) is 4.03. The molecule has 3 aromatic rings. The second-order valence-electron chi connectivity index (χ2n) is 7.79. The van der Waals surface area contributed by atoms with Crippen molar-refractivity contribution in [3.8, 4) is 0 Å². The number of carbonyl (C=O) groups is 1. The molecule has 1 aromatic carbocycles. The van der Waals surface area contributed by atoms with Crippen molar-refractivity contribution in [1.29, 1.82) is 0 Å². The molecule has 1 amide bonds. The minimum absolute atomic E-state index is 0.0597. The van der Waals surface area contributed by atoms with E-state index in [4.69, 9.17) is 0 Å². The number of anilines is 1. The molecule has 0 aliphatic carbocycles. The fourth-order valence-electron chi connectivity index (χ4n) is 3.94. The second kappa shape index (κ2) is 8.88. The highest BCUT2D eigenvalue weighted by Gasteiger charge is 2.21. The van der Waals surface area contributed by atoms with Crippen LogP contribution in [0.4, 0.5) is 10.1 Å². The number of fused-ring (bicyclic) bond motifs is 1. The van der Waals surface area contributed by atoms with Gasteiger partial charge in [-0.2, -0.15) is 4.39 Å². The quantitative estimate of drug-likeness (QED) is 0.595. The second-order valence-corrected chi connectivity index (χ2v) is 7.79. The largest absolute Gasteiger partial charge is 0.365 e. The third-order valence-corrected chi connectivity index (χ3v) is 5.68. The fraction of sp³-hybridized carbons (Fsp3) is 0.304. The summed E-state index contributed by atoms with van der Waals surface area (Å²) < 4.78 is 14.5. The zero-order valence-corrected chi connectivity index (χ0v) is 18.1. The number of nitrogens with zero attached hydrogens (tertiary/aromatic N) is 4. The Labute approximate surface area is 184 Å². The average molecular weight is 436 g/mol. The lowest BCUT2D eigenvalue weighted by Gasteiger charge is -2.36. The summed E-state index contributed by atoms with van der Waals surface area (Å²) >= 11 is 0. The SMILES string of the molecule is C=Cc1cc(CN2CCN(c3ccc(C(=O)NC)nc3F)CC2)cc2[nH]c(=O)c(C)nc12. The molecule has 3 heterocycles. The third-order valence-electron chi connectivity index (χ3n) is 5.68. The number of aromatic nitrogens is 3. The number of halogens is 1. The minimum atomic E-state index is -0.642. The number of hydrogen-bond donors (Lipinski definition) is 2. The van der Waals surface area contributed by atoms with Crippen LogP contribution in [0, 0.1) is 12.9 Å². The van der Waals surface area contributed by atoms with E-state index in [1.54, 1.807) is 19.1 Å². The van der Waals surface area contributed by atoms with Crippen LogP contribution in [0.2, 0.25) is 0 Å². The summed E-state index contributed by atoms with van der Waals surface area (Å²) in [5.74, 6) is -1.06. The molecule has 1 aliphatic rings. The first-order valence-electron chi connectivity index (χ1n) is 10.4. The Morgan fingerprint density at radius 1 is 1.25 bits per heavy atom. The molecule has 0 atom stereocenters. The van der Waals surface area contributed by atoms with Crippen LogP contribution in [-0.2, 0) is 6.54 Å². The smallest absolute Gasteiger partial charge is 0.269 e. The number of nitrogens with one attached hydrogen (secondary N) is 2. The first-order chi connectivity index (χ1) is 15.4. The van der Waals surface area contributed by atoms with E-state index in [1.165, 1.54) is 13.1 Å². The number of aromatic amines is 1. The molecule has 2 aromatic heterocycles. The Bertz CT molecular complexity index is 1250. The number of amides is 1. The maximum absolute atomic E-state index is 14.5. The van der Waals surface area contributed by atoms with E-state index >= 15 is 0 Å². The molecule has 0 saturated carbocycles. The van der Waals surface area contributed by atoms with E-state index in [0.717, 1.165) is 29.7 Å². The Balaban J connectivity index is 1.47. The molecule has 0 radical (unpaired) electrons. The van der Waals surface area contributed by atoms with Gasteiger partial charge in [-0.1, -0.05) is 12.7 Å². The molecule has 1 saturated heterocycles. The highest BCUT2D eigenvalue weighted by atomic mass is 19.1. The van der Waals surface area contributed by atoms with Gasteiger partial charge in [0.15, 0.2) is 0 Å². The van der Waals surface area contributed by atoms with Gasteiger partial charge >= 0.3 is 0 Å². The van der Waals surface area contributed by atoms with Gasteiger partial charge in [-0.05, 0) is 36.8 Å². The van der Waals surface area contributed by atoms with Crippen molar-refractivity contribution < 1.29 is 9.18 Å². The first kappa shape index (κ1) is 21.6. The van der Waals surface area contributed by atoms with Crippen LogP contribution in [-0.4, -0.2) is 59.0 Å². The first-order valence-corrected chi connectivity index (χ1v) is 10.4. The molecule has 4 rings (SSSR count). The van der Waals surface area contributed by atoms with Crippen molar-refractivity contribution >= 4 is 28.7 Å². The normalized spacial score (nSPS) is 14.5. The van der Waals surface area contributed by atoms with Gasteiger partial charge in [-0.25, -0.2) is 9.97 Å². The molecule has 0 bridgehead atoms. The summed E-state index contributed by atoms with van der Waals surface area (Å²) in [6.07, 6.45) is 1.74. The van der Waals surface area contributed by atoms with Gasteiger partial charge in [0.2, 0.25) is 5.95 Å². The number of H-pyrrole nitrogens is 1. The highest BCUT2D eigenvalue weighted by molar-refractivity contribution is 5.92. The highest BCUT2D eigenvalue weighted by Crippen LogP contribution is 2.23. The molecule has 9 heteroatoms. The molecule has 1 aliphatic heterocycles. The standard InChI is InChI=1S/C23H25FN6O2/c1-4-16-11-15(12-18-20(16)26-14(2)22(31)28-18)13-29-7-9-30(10-8-29)19-6-5-17(23(32)25-3)27-21(19)24/h4-6,11-12H,1,7-10,13H2,2-3H3,(H,25,32)(H,28,31). The van der Waals surface area contributed by atoms with Crippen LogP contribution >= 0.6 is 0 Å². The number of piperazine rings is 1. The molecule has 8 nitrogen and oxygen atoms in total. The Hall–Kier alpha value is -3.59. The predicted molar refractivity (Wildman–Crippen MR) is 122 cm³/mol. The molecule has 1 fully saturated rings. The van der Waals surface area contributed by atoms with Crippen molar-refractivity contribution in [3.05, 3.63) is 69.7 Å². The molecule has 32 heavy (non-hydrogen) atoms. The van der Waals surface area contributed by atoms with Crippen molar-refractivity contribution in [3.63, 3.8) is 0 Å². The lowest BCUT2D eigenvalue weighted by atomic mass is 10.1. The van der Waals surface area contributed by atoms with Crippen molar-refractivity contribution in [2.75, 3.05) is 38.1 Å². The third kappa shape index (κ3) is 4.24. The number of rotatable bonds is 5. The van der Waals surface area contributed by atoms with Gasteiger partial charge in [-0.3, -0.25) is 14.5 Å². The van der Waals surface area contributed by atoms with E-state index in [-0.39, 0.29) is 11.3 Å². The molecule has 166 valence electrons. The monoisotopic (exact) mass is 436 g/mol. The van der Waals surface area contributed by atoms with Crippen LogP contribution in [0.3, 0.4) is 0 Å². The van der Waals surface area contributed by atoms with Crippen LogP contribution in [0.5, 0.6) is 0 Å². The minimum Gasteiger partial charge on any atom is -0.365 e. The van der Waals surface area contributed by atoms with Crippen molar-refractivity contribution in [2.24, 2.45) is 0 Å². The summed E-state index contributed by atoms with van der Waals surface area (Å²) in [6, 6.07) is 7.12. The molecule has 0 unspecified atom stereocenters. The van der Waals surface area contributed by atoms with Crippen molar-refractivity contribution in [1.82, 2.24) is 25.2 Å². The maximum atomic E-state index is 14.5. The zero-order chi connectivity index (χ0) is 22.8. The number of hydrogen-bond acceptors (Lipinski definition) is 6. The Morgan fingerprint density at radius 3 is 2.66 bits per heavy atom. The number of carbonyl (C=O) groups excluding carboxylic acids is 1. The Kier molecular flexibility index (Phi) is 6.00. The van der Waals surface area contributed by atoms with E-state index < -0.39 is 11.9 Å². The number of aryl methyl sites for hydroxylation is 1. The Morgan fingerprint density at radius 2 is 2.00 bits per heavy atom. The lowest BCUT2D eigenvalue weighted by molar-refractivity contribution is 0.0957. The molecule has 0 spiro atoms. The van der Waals surface area contributed by atoms with Crippen LogP contribution in [0.25, 0.3) is 17.1 Å². The lowest BCUT2D eigenvalue weighted by Crippen LogP contribution is -2.46. The molecular weight excluding hydrogens is 411 g/mol. The summed E-state index contributed by atoms with van der Waals surface area (Å²) in [5, 5.41) is 2.44. The van der Waals surface area contributed by atoms with Crippen LogP contribution in [0.15, 0.2) is 35.6 Å². The van der Waals surface area contributed by atoms with Crippen LogP contribution < -0.4 is 15.8 Å². The topological polar surface area (TPSA) is 94.2 Å². The van der Waals surface area contributed by atoms with Gasteiger partial charge in [0.1, 0.15) is 11.4 Å². The van der Waals surface area contributed by atoms with E-state index in [0.29, 0.717) is 36.5 Å². The van der Waals surface area contributed by atoms with Crippen molar-refractivity contribution in [2.45, 2.75) is 13.5 Å². The number of pyridine rings is 1. The fourth-order valence-corrected chi connectivity index (χ4v) is 3.94. The van der Waals surface area contributed by atoms with E-state index in [9.17, 15) is 14.0 Å². The van der Waals surface area contributed by atoms with Crippen LogP contribution in [0.1, 0.15) is 27.3 Å². The number of benzene rings is 1. The molecule has 2 N–H and O–H groups in total. The van der Waals surface area contributed by atoms with Gasteiger partial charge in [0.25, 0.3) is 11.5 Å². The van der Waals surface area contributed by atoms with E-state index in [2.05, 4.69) is 31.7 Å². The summed E-state index contributed by atoms with van der Waals surface area (Å²) in [6.45, 7) is 9.00. The van der Waals surface area contributed by atoms with Gasteiger partial charge < -0.3 is 15.2 Å². The average Bonchev–Trinajstić information content (AvgIpc) is 2.79. The van der Waals surface area contributed by atoms with E-state index in [1.807, 2.05) is 17.0 Å². The van der Waals surface area contributed by atoms with Gasteiger partial charge in [-0.15, -0.1) is 0 Å². The maximum Gasteiger partial charge on any atom is 0.269 e. The summed E-state index contributed by atoms with van der Waals surface area (Å²) in [4.78, 5) is 38.9. The van der Waals surface area contributed by atoms with Gasteiger partial charge in [0.05, 0.1) is 16.7 Å². The molecular formula is C23H25FN6O2. The predicted octanol–water partition coefficient (Wildman–Crippen LogP) is 2.09.